The van der Waals surface area contributed by atoms with Crippen LogP contribution in [0.2, 0.25) is 11.6 Å². The number of hydrogen-bond acceptors (Lipinski definition) is 2. The van der Waals surface area contributed by atoms with Crippen LogP contribution in [0, 0.1) is 0 Å². The summed E-state index contributed by atoms with van der Waals surface area (Å²) < 4.78 is 0. The Hall–Kier alpha value is -0.730. The Morgan fingerprint density at radius 3 is 1.96 bits per heavy atom. The van der Waals surface area contributed by atoms with Crippen LogP contribution in [0.25, 0.3) is 0 Å². The van der Waals surface area contributed by atoms with E-state index < -0.39 is 0 Å². The minimum atomic E-state index is 0.0902. The molecule has 2 aromatic rings. The molecule has 0 saturated carbocycles. The van der Waals surface area contributed by atoms with Gasteiger partial charge in [-0.05, 0) is 29.7 Å². The Bertz CT molecular complexity index is 592. The van der Waals surface area contributed by atoms with Gasteiger partial charge in [-0.1, -0.05) is 85.6 Å². The minimum absolute atomic E-state index is 0.0902. The maximum atomic E-state index is 6.35. The van der Waals surface area contributed by atoms with Crippen molar-refractivity contribution in [1.29, 1.82) is 0 Å². The number of rotatable bonds is 12. The van der Waals surface area contributed by atoms with Crippen molar-refractivity contribution in [3.63, 3.8) is 0 Å². The first kappa shape index (κ1) is 21.6. The van der Waals surface area contributed by atoms with E-state index >= 15 is 0 Å². The van der Waals surface area contributed by atoms with Crippen molar-refractivity contribution in [2.45, 2.75) is 54.6 Å². The number of hydrogen-bond donors (Lipinski definition) is 0. The van der Waals surface area contributed by atoms with Crippen molar-refractivity contribution in [3.8, 4) is 0 Å². The number of benzene rings is 2. The van der Waals surface area contributed by atoms with Crippen LogP contribution in [-0.4, -0.2) is 26.7 Å². The zero-order valence-electron chi connectivity index (χ0n) is 15.7. The van der Waals surface area contributed by atoms with Crippen molar-refractivity contribution in [2.75, 3.05) is 5.75 Å². The smallest absolute Gasteiger partial charge is 0.0693 e. The fraction of sp³-hybridized carbons (Fsp3) is 0.455. The van der Waals surface area contributed by atoms with Gasteiger partial charge in [-0.2, -0.15) is 23.5 Å². The van der Waals surface area contributed by atoms with Gasteiger partial charge in [0.1, 0.15) is 0 Å². The van der Waals surface area contributed by atoms with Crippen LogP contribution >= 0.6 is 23.5 Å². The summed E-state index contributed by atoms with van der Waals surface area (Å²) in [4.78, 5) is 0. The Kier molecular flexibility index (Phi) is 10.5. The highest BCUT2D eigenvalue weighted by Crippen LogP contribution is 2.34. The van der Waals surface area contributed by atoms with Crippen molar-refractivity contribution in [1.82, 2.24) is 0 Å². The molecule has 0 aliphatic rings. The lowest BCUT2D eigenvalue weighted by Gasteiger charge is -2.25. The van der Waals surface area contributed by atoms with Gasteiger partial charge < -0.3 is 0 Å². The Balaban J connectivity index is 1.80. The summed E-state index contributed by atoms with van der Waals surface area (Å²) in [6.45, 7) is 2.12. The van der Waals surface area contributed by atoms with E-state index in [1.165, 1.54) is 17.5 Å². The van der Waals surface area contributed by atoms with Gasteiger partial charge in [0.05, 0.1) is 15.7 Å². The molecule has 4 radical (unpaired) electrons. The highest BCUT2D eigenvalue weighted by molar-refractivity contribution is 7.99. The highest BCUT2D eigenvalue weighted by Gasteiger charge is 2.17. The summed E-state index contributed by atoms with van der Waals surface area (Å²) in [6.07, 6.45) is 3.12. The van der Waals surface area contributed by atoms with E-state index in [4.69, 9.17) is 15.7 Å². The lowest BCUT2D eigenvalue weighted by atomic mass is 9.63. The van der Waals surface area contributed by atoms with Crippen LogP contribution in [0.5, 0.6) is 0 Å². The van der Waals surface area contributed by atoms with Gasteiger partial charge in [-0.3, -0.25) is 0 Å². The Morgan fingerprint density at radius 1 is 0.808 bits per heavy atom. The highest BCUT2D eigenvalue weighted by atomic mass is 32.2. The minimum Gasteiger partial charge on any atom is -0.157 e. The number of thioether (sulfide) groups is 2. The summed E-state index contributed by atoms with van der Waals surface area (Å²) in [7, 11) is 12.5. The largest absolute Gasteiger partial charge is 0.157 e. The molecule has 0 aromatic heterocycles. The lowest BCUT2D eigenvalue weighted by Crippen LogP contribution is -2.13. The quantitative estimate of drug-likeness (QED) is 0.313. The first-order valence-electron chi connectivity index (χ1n) is 9.47. The second-order valence-corrected chi connectivity index (χ2v) is 9.11. The average molecular weight is 378 g/mol. The molecule has 134 valence electrons. The SMILES string of the molecule is [B]C(CC)C([B])CC(CCSCc1ccccc1)SCc1ccccc1. The van der Waals surface area contributed by atoms with Gasteiger partial charge in [0.25, 0.3) is 0 Å². The predicted octanol–water partition coefficient (Wildman–Crippen LogP) is 6.33. The summed E-state index contributed by atoms with van der Waals surface area (Å²) >= 11 is 4.04. The van der Waals surface area contributed by atoms with Crippen molar-refractivity contribution in [3.05, 3.63) is 71.8 Å². The lowest BCUT2D eigenvalue weighted by molar-refractivity contribution is 0.635. The fourth-order valence-corrected chi connectivity index (χ4v) is 5.25. The van der Waals surface area contributed by atoms with Gasteiger partial charge in [0.15, 0.2) is 0 Å². The van der Waals surface area contributed by atoms with Crippen LogP contribution in [0.1, 0.15) is 37.3 Å². The third kappa shape index (κ3) is 8.31. The van der Waals surface area contributed by atoms with Crippen molar-refractivity contribution < 1.29 is 0 Å². The molecular formula is C22H28B2S2. The molecule has 2 aromatic carbocycles. The van der Waals surface area contributed by atoms with E-state index in [0.717, 1.165) is 30.1 Å². The molecule has 0 saturated heterocycles. The van der Waals surface area contributed by atoms with E-state index in [1.54, 1.807) is 0 Å². The molecule has 0 nitrogen and oxygen atoms in total. The molecule has 2 rings (SSSR count). The topological polar surface area (TPSA) is 0 Å². The molecule has 0 aliphatic heterocycles. The van der Waals surface area contributed by atoms with E-state index in [-0.39, 0.29) is 11.6 Å². The molecule has 3 atom stereocenters. The van der Waals surface area contributed by atoms with Crippen molar-refractivity contribution in [2.24, 2.45) is 0 Å². The molecule has 0 spiro atoms. The molecular weight excluding hydrogens is 350 g/mol. The van der Waals surface area contributed by atoms with Gasteiger partial charge in [0, 0.05) is 16.8 Å². The molecule has 0 aliphatic carbocycles. The molecule has 4 heteroatoms. The van der Waals surface area contributed by atoms with Gasteiger partial charge in [-0.25, -0.2) is 0 Å². The van der Waals surface area contributed by atoms with Crippen LogP contribution in [-0.2, 0) is 11.5 Å². The van der Waals surface area contributed by atoms with E-state index in [2.05, 4.69) is 67.6 Å². The maximum absolute atomic E-state index is 6.35. The standard InChI is InChI=1S/C22H28B2S2/c1-2-21(23)22(24)15-20(26-17-19-11-7-4-8-12-19)13-14-25-16-18-9-5-3-6-10-18/h3-12,20-22H,2,13-17H2,1H3. The summed E-state index contributed by atoms with van der Waals surface area (Å²) in [5, 5.41) is 0.561. The predicted molar refractivity (Wildman–Crippen MR) is 123 cm³/mol. The second kappa shape index (κ2) is 12.6. The zero-order valence-corrected chi connectivity index (χ0v) is 17.4. The molecule has 0 N–H and O–H groups in total. The zero-order chi connectivity index (χ0) is 18.6. The van der Waals surface area contributed by atoms with Crippen LogP contribution in [0.3, 0.4) is 0 Å². The van der Waals surface area contributed by atoms with Crippen LogP contribution in [0.15, 0.2) is 60.7 Å². The van der Waals surface area contributed by atoms with Crippen molar-refractivity contribution >= 4 is 39.2 Å². The van der Waals surface area contributed by atoms with E-state index in [9.17, 15) is 0 Å². The molecule has 0 heterocycles. The maximum Gasteiger partial charge on any atom is 0.0693 e. The Morgan fingerprint density at radius 2 is 1.38 bits per heavy atom. The third-order valence-corrected chi connectivity index (χ3v) is 7.04. The summed E-state index contributed by atoms with van der Waals surface area (Å²) in [5.41, 5.74) is 2.78. The van der Waals surface area contributed by atoms with E-state index in [1.807, 2.05) is 23.5 Å². The molecule has 0 bridgehead atoms. The van der Waals surface area contributed by atoms with E-state index in [0.29, 0.717) is 5.25 Å². The molecule has 0 fully saturated rings. The monoisotopic (exact) mass is 378 g/mol. The first-order valence-corrected chi connectivity index (χ1v) is 11.7. The van der Waals surface area contributed by atoms with Gasteiger partial charge >= 0.3 is 0 Å². The molecule has 26 heavy (non-hydrogen) atoms. The Labute approximate surface area is 171 Å². The second-order valence-electron chi connectivity index (χ2n) is 6.72. The van der Waals surface area contributed by atoms with Crippen LogP contribution in [0.4, 0.5) is 0 Å². The summed E-state index contributed by atoms with van der Waals surface area (Å²) in [6, 6.07) is 21.4. The fourth-order valence-electron chi connectivity index (χ4n) is 2.82. The summed E-state index contributed by atoms with van der Waals surface area (Å²) in [5.74, 6) is 3.48. The average Bonchev–Trinajstić information content (AvgIpc) is 2.70. The molecule has 0 amide bonds. The third-order valence-electron chi connectivity index (χ3n) is 4.58. The van der Waals surface area contributed by atoms with Gasteiger partial charge in [-0.15, -0.1) is 0 Å². The van der Waals surface area contributed by atoms with Crippen LogP contribution < -0.4 is 0 Å². The molecule has 3 unspecified atom stereocenters. The first-order chi connectivity index (χ1) is 12.7. The van der Waals surface area contributed by atoms with Gasteiger partial charge in [0.2, 0.25) is 0 Å². The normalized spacial score (nSPS) is 14.7.